The highest BCUT2D eigenvalue weighted by Gasteiger charge is 2.11. The Morgan fingerprint density at radius 1 is 0.857 bits per heavy atom. The molecule has 0 atom stereocenters. The van der Waals surface area contributed by atoms with Crippen LogP contribution in [0.4, 0.5) is 0 Å². The summed E-state index contributed by atoms with van der Waals surface area (Å²) in [5, 5.41) is 9.61. The van der Waals surface area contributed by atoms with E-state index < -0.39 is 5.97 Å². The molecule has 3 rings (SSSR count). The molecule has 0 unspecified atom stereocenters. The Bertz CT molecular complexity index is 944. The average molecular weight is 374 g/mol. The lowest BCUT2D eigenvalue weighted by molar-refractivity contribution is -0.130. The van der Waals surface area contributed by atoms with E-state index in [1.54, 1.807) is 18.2 Å². The zero-order chi connectivity index (χ0) is 19.8. The number of carbonyl (C=O) groups is 1. The summed E-state index contributed by atoms with van der Waals surface area (Å²) < 4.78 is 11.5. The third kappa shape index (κ3) is 5.24. The quantitative estimate of drug-likeness (QED) is 0.339. The molecule has 142 valence electrons. The molecule has 4 nitrogen and oxygen atoms in total. The Hall–Kier alpha value is -3.53. The Morgan fingerprint density at radius 2 is 1.50 bits per heavy atom. The van der Waals surface area contributed by atoms with Gasteiger partial charge < -0.3 is 14.6 Å². The molecule has 0 aromatic heterocycles. The second kappa shape index (κ2) is 9.42. The molecule has 3 aromatic carbocycles. The van der Waals surface area contributed by atoms with E-state index in [-0.39, 0.29) is 5.57 Å². The zero-order valence-corrected chi connectivity index (χ0v) is 15.7. The van der Waals surface area contributed by atoms with Gasteiger partial charge in [-0.25, -0.2) is 4.79 Å². The lowest BCUT2D eigenvalue weighted by Crippen LogP contribution is -2.09. The predicted molar refractivity (Wildman–Crippen MR) is 111 cm³/mol. The minimum Gasteiger partial charge on any atom is -0.490 e. The van der Waals surface area contributed by atoms with E-state index in [0.29, 0.717) is 30.1 Å². The Kier molecular flexibility index (Phi) is 6.47. The minimum atomic E-state index is -0.983. The molecular formula is C24H22O4. The highest BCUT2D eigenvalue weighted by Crippen LogP contribution is 2.25. The third-order valence-corrected chi connectivity index (χ3v) is 4.16. The van der Waals surface area contributed by atoms with Crippen LogP contribution in [0.5, 0.6) is 11.5 Å². The minimum absolute atomic E-state index is 0.215. The van der Waals surface area contributed by atoms with Crippen LogP contribution in [-0.2, 0) is 4.79 Å². The van der Waals surface area contributed by atoms with Crippen molar-refractivity contribution in [2.75, 3.05) is 13.2 Å². The molecule has 28 heavy (non-hydrogen) atoms. The van der Waals surface area contributed by atoms with Crippen LogP contribution in [0.25, 0.3) is 11.6 Å². The van der Waals surface area contributed by atoms with Gasteiger partial charge in [-0.15, -0.1) is 0 Å². The Labute approximate surface area is 164 Å². The number of aliphatic carboxylic acids is 1. The number of benzene rings is 3. The van der Waals surface area contributed by atoms with Gasteiger partial charge in [-0.3, -0.25) is 0 Å². The maximum Gasteiger partial charge on any atom is 0.336 e. The van der Waals surface area contributed by atoms with Crippen LogP contribution in [0.3, 0.4) is 0 Å². The van der Waals surface area contributed by atoms with E-state index in [9.17, 15) is 9.90 Å². The second-order valence-electron chi connectivity index (χ2n) is 6.28. The molecular weight excluding hydrogens is 352 g/mol. The van der Waals surface area contributed by atoms with Crippen molar-refractivity contribution >= 4 is 17.6 Å². The molecule has 4 heteroatoms. The topological polar surface area (TPSA) is 55.8 Å². The molecule has 0 saturated heterocycles. The summed E-state index contributed by atoms with van der Waals surface area (Å²) >= 11 is 0. The van der Waals surface area contributed by atoms with Crippen LogP contribution in [-0.4, -0.2) is 24.3 Å². The number of aryl methyl sites for hydroxylation is 1. The summed E-state index contributed by atoms with van der Waals surface area (Å²) in [6.07, 6.45) is 1.63. The fourth-order valence-electron chi connectivity index (χ4n) is 2.72. The summed E-state index contributed by atoms with van der Waals surface area (Å²) in [7, 11) is 0. The lowest BCUT2D eigenvalue weighted by atomic mass is 10.0. The fraction of sp³-hybridized carbons (Fsp3) is 0.125. The zero-order valence-electron chi connectivity index (χ0n) is 15.7. The van der Waals surface area contributed by atoms with Gasteiger partial charge in [0, 0.05) is 5.56 Å². The van der Waals surface area contributed by atoms with Gasteiger partial charge in [-0.2, -0.15) is 0 Å². The van der Waals surface area contributed by atoms with E-state index in [0.717, 1.165) is 5.75 Å². The van der Waals surface area contributed by atoms with Crippen molar-refractivity contribution in [1.29, 1.82) is 0 Å². The number of rotatable bonds is 8. The third-order valence-electron chi connectivity index (χ3n) is 4.16. The summed E-state index contributed by atoms with van der Waals surface area (Å²) in [5.74, 6) is 0.424. The van der Waals surface area contributed by atoms with Crippen LogP contribution in [0, 0.1) is 6.92 Å². The Balaban J connectivity index is 1.70. The molecule has 0 aliphatic rings. The van der Waals surface area contributed by atoms with Gasteiger partial charge >= 0.3 is 5.97 Å². The van der Waals surface area contributed by atoms with Gasteiger partial charge in [0.05, 0.1) is 5.57 Å². The molecule has 3 aromatic rings. The maximum absolute atomic E-state index is 11.7. The Morgan fingerprint density at radius 3 is 2.21 bits per heavy atom. The molecule has 0 aliphatic heterocycles. The van der Waals surface area contributed by atoms with Crippen molar-refractivity contribution in [2.24, 2.45) is 0 Å². The first-order valence-corrected chi connectivity index (χ1v) is 9.05. The van der Waals surface area contributed by atoms with E-state index >= 15 is 0 Å². The van der Waals surface area contributed by atoms with Crippen LogP contribution in [0.15, 0.2) is 78.9 Å². The number of hydrogen-bond donors (Lipinski definition) is 1. The number of carboxylic acids is 1. The van der Waals surface area contributed by atoms with Gasteiger partial charge in [-0.1, -0.05) is 66.2 Å². The summed E-state index contributed by atoms with van der Waals surface area (Å²) in [5.41, 5.74) is 2.75. The van der Waals surface area contributed by atoms with Gasteiger partial charge in [0.25, 0.3) is 0 Å². The van der Waals surface area contributed by atoms with E-state index in [4.69, 9.17) is 9.47 Å². The predicted octanol–water partition coefficient (Wildman–Crippen LogP) is 5.08. The van der Waals surface area contributed by atoms with Crippen LogP contribution >= 0.6 is 0 Å². The van der Waals surface area contributed by atoms with Crippen molar-refractivity contribution in [3.8, 4) is 11.5 Å². The summed E-state index contributed by atoms with van der Waals surface area (Å²) in [4.78, 5) is 11.7. The number of hydrogen-bond acceptors (Lipinski definition) is 3. The van der Waals surface area contributed by atoms with Crippen molar-refractivity contribution in [3.05, 3.63) is 95.6 Å². The molecule has 0 fully saturated rings. The van der Waals surface area contributed by atoms with Crippen molar-refractivity contribution in [1.82, 2.24) is 0 Å². The van der Waals surface area contributed by atoms with Crippen molar-refractivity contribution in [3.63, 3.8) is 0 Å². The van der Waals surface area contributed by atoms with Gasteiger partial charge in [-0.05, 0) is 36.8 Å². The highest BCUT2D eigenvalue weighted by molar-refractivity contribution is 6.20. The van der Waals surface area contributed by atoms with Gasteiger partial charge in [0.15, 0.2) is 0 Å². The molecule has 0 radical (unpaired) electrons. The van der Waals surface area contributed by atoms with E-state index in [1.165, 1.54) is 5.56 Å². The SMILES string of the molecule is Cc1ccc(OCCOc2ccccc2/C=C(\C(=O)O)c2ccccc2)cc1. The molecule has 0 saturated carbocycles. The first-order chi connectivity index (χ1) is 13.6. The number of carboxylic acid groups (broad SMARTS) is 1. The molecule has 0 bridgehead atoms. The first-order valence-electron chi connectivity index (χ1n) is 9.05. The van der Waals surface area contributed by atoms with Crippen LogP contribution in [0.2, 0.25) is 0 Å². The maximum atomic E-state index is 11.7. The smallest absolute Gasteiger partial charge is 0.336 e. The average Bonchev–Trinajstić information content (AvgIpc) is 2.72. The van der Waals surface area contributed by atoms with Crippen molar-refractivity contribution < 1.29 is 19.4 Å². The molecule has 1 N–H and O–H groups in total. The fourth-order valence-corrected chi connectivity index (χ4v) is 2.72. The summed E-state index contributed by atoms with van der Waals surface area (Å²) in [6.45, 7) is 2.77. The second-order valence-corrected chi connectivity index (χ2v) is 6.28. The monoisotopic (exact) mass is 374 g/mol. The van der Waals surface area contributed by atoms with E-state index in [1.807, 2.05) is 73.7 Å². The number of para-hydroxylation sites is 1. The van der Waals surface area contributed by atoms with Crippen LogP contribution in [0.1, 0.15) is 16.7 Å². The van der Waals surface area contributed by atoms with Crippen LogP contribution < -0.4 is 9.47 Å². The number of ether oxygens (including phenoxy) is 2. The molecule has 0 spiro atoms. The molecule has 0 amide bonds. The van der Waals surface area contributed by atoms with Crippen molar-refractivity contribution in [2.45, 2.75) is 6.92 Å². The van der Waals surface area contributed by atoms with Gasteiger partial charge in [0.2, 0.25) is 0 Å². The standard InChI is InChI=1S/C24H22O4/c1-18-11-13-21(14-12-18)27-15-16-28-23-10-6-5-9-20(23)17-22(24(25)26)19-7-3-2-4-8-19/h2-14,17H,15-16H2,1H3,(H,25,26)/b22-17-. The summed E-state index contributed by atoms with van der Waals surface area (Å²) in [6, 6.07) is 24.2. The largest absolute Gasteiger partial charge is 0.490 e. The molecule has 0 heterocycles. The normalized spacial score (nSPS) is 11.1. The first kappa shape index (κ1) is 19.2. The lowest BCUT2D eigenvalue weighted by Gasteiger charge is -2.11. The molecule has 0 aliphatic carbocycles. The van der Waals surface area contributed by atoms with Gasteiger partial charge in [0.1, 0.15) is 24.7 Å². The highest BCUT2D eigenvalue weighted by atomic mass is 16.5. The van der Waals surface area contributed by atoms with E-state index in [2.05, 4.69) is 0 Å².